The molecule has 0 aromatic heterocycles. The van der Waals surface area contributed by atoms with Crippen molar-refractivity contribution in [3.05, 3.63) is 29.3 Å². The second kappa shape index (κ2) is 4.51. The topological polar surface area (TPSA) is 61.9 Å². The quantitative estimate of drug-likeness (QED) is 0.564. The fraction of sp³-hybridized carbons (Fsp3) is 0.417. The van der Waals surface area contributed by atoms with E-state index in [1.807, 2.05) is 20.8 Å². The van der Waals surface area contributed by atoms with Crippen LogP contribution >= 0.6 is 0 Å². The standard InChI is InChI=1S/C12H16F3N3/c1-11(2,3)18-7-4-5-8(10(16)17)9(6-7)12(13,14)15/h4-6,18H,1-3H3,(H3,16,17). The fourth-order valence-corrected chi connectivity index (χ4v) is 1.52. The van der Waals surface area contributed by atoms with E-state index in [1.54, 1.807) is 0 Å². The summed E-state index contributed by atoms with van der Waals surface area (Å²) in [6.07, 6.45) is -4.53. The zero-order chi connectivity index (χ0) is 14.1. The summed E-state index contributed by atoms with van der Waals surface area (Å²) < 4.78 is 38.5. The fourth-order valence-electron chi connectivity index (χ4n) is 1.52. The van der Waals surface area contributed by atoms with Crippen molar-refractivity contribution in [1.29, 1.82) is 5.41 Å². The van der Waals surface area contributed by atoms with Gasteiger partial charge < -0.3 is 11.1 Å². The monoisotopic (exact) mass is 259 g/mol. The lowest BCUT2D eigenvalue weighted by Crippen LogP contribution is -2.27. The molecule has 0 saturated carbocycles. The predicted molar refractivity (Wildman–Crippen MR) is 65.8 cm³/mol. The van der Waals surface area contributed by atoms with Gasteiger partial charge in [-0.3, -0.25) is 5.41 Å². The van der Waals surface area contributed by atoms with Crippen LogP contribution < -0.4 is 11.1 Å². The van der Waals surface area contributed by atoms with Crippen LogP contribution in [0.3, 0.4) is 0 Å². The summed E-state index contributed by atoms with van der Waals surface area (Å²) in [6.45, 7) is 5.54. The lowest BCUT2D eigenvalue weighted by molar-refractivity contribution is -0.137. The van der Waals surface area contributed by atoms with Crippen LogP contribution in [0, 0.1) is 5.41 Å². The van der Waals surface area contributed by atoms with Crippen molar-refractivity contribution in [2.75, 3.05) is 5.32 Å². The highest BCUT2D eigenvalue weighted by Gasteiger charge is 2.34. The Labute approximate surface area is 104 Å². The molecule has 0 radical (unpaired) electrons. The Kier molecular flexibility index (Phi) is 3.59. The van der Waals surface area contributed by atoms with Crippen LogP contribution in [0.5, 0.6) is 0 Å². The highest BCUT2D eigenvalue weighted by Crippen LogP contribution is 2.34. The first-order chi connectivity index (χ1) is 8.00. The highest BCUT2D eigenvalue weighted by molar-refractivity contribution is 5.97. The van der Waals surface area contributed by atoms with E-state index >= 15 is 0 Å². The van der Waals surface area contributed by atoms with Gasteiger partial charge in [0.05, 0.1) is 5.56 Å². The van der Waals surface area contributed by atoms with Crippen molar-refractivity contribution in [3.8, 4) is 0 Å². The van der Waals surface area contributed by atoms with Gasteiger partial charge in [-0.15, -0.1) is 0 Å². The predicted octanol–water partition coefficient (Wildman–Crippen LogP) is 3.20. The molecule has 0 amide bonds. The number of rotatable bonds is 2. The minimum atomic E-state index is -4.53. The van der Waals surface area contributed by atoms with Crippen LogP contribution in [0.15, 0.2) is 18.2 Å². The Morgan fingerprint density at radius 3 is 2.17 bits per heavy atom. The van der Waals surface area contributed by atoms with Crippen molar-refractivity contribution in [2.24, 2.45) is 5.73 Å². The van der Waals surface area contributed by atoms with Crippen LogP contribution in [0.25, 0.3) is 0 Å². The molecule has 0 bridgehead atoms. The normalized spacial score (nSPS) is 12.3. The van der Waals surface area contributed by atoms with Gasteiger partial charge in [0.15, 0.2) is 0 Å². The summed E-state index contributed by atoms with van der Waals surface area (Å²) in [5, 5.41) is 10.1. The summed E-state index contributed by atoms with van der Waals surface area (Å²) in [5.74, 6) is -0.593. The third-order valence-electron chi connectivity index (χ3n) is 2.13. The first-order valence-electron chi connectivity index (χ1n) is 5.34. The summed E-state index contributed by atoms with van der Waals surface area (Å²) in [4.78, 5) is 0. The third-order valence-corrected chi connectivity index (χ3v) is 2.13. The molecule has 0 aliphatic carbocycles. The van der Waals surface area contributed by atoms with Crippen molar-refractivity contribution in [2.45, 2.75) is 32.5 Å². The van der Waals surface area contributed by atoms with Crippen LogP contribution in [0.4, 0.5) is 18.9 Å². The van der Waals surface area contributed by atoms with Gasteiger partial charge >= 0.3 is 6.18 Å². The van der Waals surface area contributed by atoms with Crippen LogP contribution in [-0.4, -0.2) is 11.4 Å². The molecule has 100 valence electrons. The summed E-state index contributed by atoms with van der Waals surface area (Å²) in [5.41, 5.74) is 3.95. The number of amidine groups is 1. The molecule has 0 fully saturated rings. The number of hydrogen-bond acceptors (Lipinski definition) is 2. The molecule has 3 nitrogen and oxygen atoms in total. The molecule has 1 rings (SSSR count). The van der Waals surface area contributed by atoms with Gasteiger partial charge in [0.1, 0.15) is 5.84 Å². The van der Waals surface area contributed by atoms with Gasteiger partial charge in [-0.1, -0.05) is 0 Å². The maximum absolute atomic E-state index is 12.8. The molecule has 1 aromatic carbocycles. The zero-order valence-electron chi connectivity index (χ0n) is 10.4. The van der Waals surface area contributed by atoms with E-state index in [9.17, 15) is 13.2 Å². The molecule has 4 N–H and O–H groups in total. The van der Waals surface area contributed by atoms with E-state index in [2.05, 4.69) is 5.32 Å². The van der Waals surface area contributed by atoms with E-state index in [4.69, 9.17) is 11.1 Å². The van der Waals surface area contributed by atoms with E-state index in [-0.39, 0.29) is 11.1 Å². The number of nitrogen functional groups attached to an aromatic ring is 1. The lowest BCUT2D eigenvalue weighted by atomic mass is 10.0. The van der Waals surface area contributed by atoms with Crippen molar-refractivity contribution >= 4 is 11.5 Å². The van der Waals surface area contributed by atoms with E-state index < -0.39 is 17.6 Å². The van der Waals surface area contributed by atoms with Gasteiger partial charge in [0.25, 0.3) is 0 Å². The van der Waals surface area contributed by atoms with Crippen molar-refractivity contribution in [3.63, 3.8) is 0 Å². The molecule has 6 heteroatoms. The number of nitrogens with one attached hydrogen (secondary N) is 2. The van der Waals surface area contributed by atoms with Crippen molar-refractivity contribution < 1.29 is 13.2 Å². The largest absolute Gasteiger partial charge is 0.417 e. The second-order valence-electron chi connectivity index (χ2n) is 5.05. The molecule has 0 unspecified atom stereocenters. The molecule has 0 spiro atoms. The molecule has 0 aliphatic heterocycles. The second-order valence-corrected chi connectivity index (χ2v) is 5.05. The minimum absolute atomic E-state index is 0.304. The molecule has 0 saturated heterocycles. The number of anilines is 1. The molecule has 1 aromatic rings. The van der Waals surface area contributed by atoms with Crippen molar-refractivity contribution in [1.82, 2.24) is 0 Å². The zero-order valence-corrected chi connectivity index (χ0v) is 10.4. The molecule has 0 atom stereocenters. The Bertz CT molecular complexity index is 459. The Balaban J connectivity index is 3.27. The first-order valence-corrected chi connectivity index (χ1v) is 5.34. The van der Waals surface area contributed by atoms with E-state index in [1.165, 1.54) is 12.1 Å². The summed E-state index contributed by atoms with van der Waals surface area (Å²) >= 11 is 0. The van der Waals surface area contributed by atoms with Crippen LogP contribution in [0.1, 0.15) is 31.9 Å². The maximum Gasteiger partial charge on any atom is 0.417 e. The van der Waals surface area contributed by atoms with Crippen LogP contribution in [0.2, 0.25) is 0 Å². The van der Waals surface area contributed by atoms with Gasteiger partial charge in [-0.2, -0.15) is 13.2 Å². The van der Waals surface area contributed by atoms with E-state index in [0.717, 1.165) is 6.07 Å². The van der Waals surface area contributed by atoms with Gasteiger partial charge in [0.2, 0.25) is 0 Å². The average Bonchev–Trinajstić information content (AvgIpc) is 2.13. The third kappa shape index (κ3) is 3.65. The summed E-state index contributed by atoms with van der Waals surface area (Å²) in [6, 6.07) is 3.67. The van der Waals surface area contributed by atoms with Gasteiger partial charge in [-0.25, -0.2) is 0 Å². The van der Waals surface area contributed by atoms with Crippen LogP contribution in [-0.2, 0) is 6.18 Å². The number of benzene rings is 1. The van der Waals surface area contributed by atoms with Gasteiger partial charge in [0, 0.05) is 16.8 Å². The Morgan fingerprint density at radius 1 is 1.22 bits per heavy atom. The Hall–Kier alpha value is -1.72. The van der Waals surface area contributed by atoms with Gasteiger partial charge in [-0.05, 0) is 39.0 Å². The number of alkyl halides is 3. The first kappa shape index (κ1) is 14.3. The minimum Gasteiger partial charge on any atom is -0.384 e. The maximum atomic E-state index is 12.8. The Morgan fingerprint density at radius 2 is 1.78 bits per heavy atom. The number of hydrogen-bond donors (Lipinski definition) is 3. The highest BCUT2D eigenvalue weighted by atomic mass is 19.4. The lowest BCUT2D eigenvalue weighted by Gasteiger charge is -2.23. The molecular formula is C12H16F3N3. The number of halogens is 3. The summed E-state index contributed by atoms with van der Waals surface area (Å²) in [7, 11) is 0. The SMILES string of the molecule is CC(C)(C)Nc1ccc(C(=N)N)c(C(F)(F)F)c1. The molecule has 0 heterocycles. The smallest absolute Gasteiger partial charge is 0.384 e. The average molecular weight is 259 g/mol. The van der Waals surface area contributed by atoms with E-state index in [0.29, 0.717) is 5.69 Å². The molecular weight excluding hydrogens is 243 g/mol. The molecule has 18 heavy (non-hydrogen) atoms. The molecule has 0 aliphatic rings. The number of nitrogens with two attached hydrogens (primary N) is 1.